The summed E-state index contributed by atoms with van der Waals surface area (Å²) in [5.41, 5.74) is 2.94. The Kier molecular flexibility index (Phi) is 3.49. The normalized spacial score (nSPS) is 10.8. The molecule has 0 aliphatic carbocycles. The van der Waals surface area contributed by atoms with Crippen LogP contribution in [0.5, 0.6) is 0 Å². The highest BCUT2D eigenvalue weighted by atomic mass is 16.5. The smallest absolute Gasteiger partial charge is 0.131 e. The number of ether oxygens (including phenoxy) is 1. The van der Waals surface area contributed by atoms with Crippen molar-refractivity contribution < 1.29 is 4.74 Å². The number of hydrogen-bond acceptors (Lipinski definition) is 4. The Morgan fingerprint density at radius 3 is 2.88 bits per heavy atom. The maximum Gasteiger partial charge on any atom is 0.131 e. The fraction of sp³-hybridized carbons (Fsp3) is 0.417. The van der Waals surface area contributed by atoms with Crippen LogP contribution in [0.4, 0.5) is 0 Å². The van der Waals surface area contributed by atoms with Crippen LogP contribution in [0, 0.1) is 6.92 Å². The van der Waals surface area contributed by atoms with Crippen molar-refractivity contribution in [3.05, 3.63) is 30.0 Å². The monoisotopic (exact) mass is 232 g/mol. The van der Waals surface area contributed by atoms with Crippen molar-refractivity contribution in [3.63, 3.8) is 0 Å². The molecule has 2 rings (SSSR count). The highest BCUT2D eigenvalue weighted by Crippen LogP contribution is 2.19. The molecular weight excluding hydrogens is 216 g/mol. The van der Waals surface area contributed by atoms with Gasteiger partial charge in [0.05, 0.1) is 18.0 Å². The predicted octanol–water partition coefficient (Wildman–Crippen LogP) is 1.37. The number of rotatable bonds is 4. The molecule has 0 aromatic carbocycles. The summed E-state index contributed by atoms with van der Waals surface area (Å²) in [4.78, 5) is 8.73. The van der Waals surface area contributed by atoms with E-state index in [9.17, 15) is 0 Å². The zero-order valence-electron chi connectivity index (χ0n) is 10.3. The van der Waals surface area contributed by atoms with E-state index in [0.29, 0.717) is 6.61 Å². The van der Waals surface area contributed by atoms with Gasteiger partial charge in [-0.15, -0.1) is 0 Å². The lowest BCUT2D eigenvalue weighted by Gasteiger charge is -2.02. The van der Waals surface area contributed by atoms with E-state index in [2.05, 4.69) is 15.1 Å². The molecule has 0 spiro atoms. The van der Waals surface area contributed by atoms with E-state index in [1.165, 1.54) is 0 Å². The molecule has 0 fully saturated rings. The van der Waals surface area contributed by atoms with Crippen molar-refractivity contribution in [2.24, 2.45) is 7.05 Å². The second kappa shape index (κ2) is 5.05. The Hall–Kier alpha value is -1.75. The van der Waals surface area contributed by atoms with E-state index in [1.54, 1.807) is 18.0 Å². The van der Waals surface area contributed by atoms with E-state index in [0.717, 1.165) is 29.2 Å². The minimum atomic E-state index is 0.634. The average Bonchev–Trinajstić information content (AvgIpc) is 2.66. The molecule has 0 saturated heterocycles. The van der Waals surface area contributed by atoms with Crippen LogP contribution in [0.3, 0.4) is 0 Å². The van der Waals surface area contributed by atoms with Crippen molar-refractivity contribution in [2.45, 2.75) is 13.3 Å². The quantitative estimate of drug-likeness (QED) is 0.799. The Balaban J connectivity index is 2.29. The lowest BCUT2D eigenvalue weighted by atomic mass is 10.2. The standard InChI is InChI=1S/C12H16N4O/c1-9-10(8-16(2)15-9)11-4-6-13-12(14-11)5-7-17-3/h4,6,8H,5,7H2,1-3H3. The summed E-state index contributed by atoms with van der Waals surface area (Å²) in [5.74, 6) is 0.799. The fourth-order valence-corrected chi connectivity index (χ4v) is 1.71. The summed E-state index contributed by atoms with van der Waals surface area (Å²) in [7, 11) is 3.58. The highest BCUT2D eigenvalue weighted by molar-refractivity contribution is 5.60. The largest absolute Gasteiger partial charge is 0.384 e. The second-order valence-corrected chi connectivity index (χ2v) is 3.90. The molecular formula is C12H16N4O. The van der Waals surface area contributed by atoms with Crippen molar-refractivity contribution in [2.75, 3.05) is 13.7 Å². The molecule has 0 bridgehead atoms. The van der Waals surface area contributed by atoms with Crippen molar-refractivity contribution in [3.8, 4) is 11.3 Å². The summed E-state index contributed by atoms with van der Waals surface area (Å²) in [6.07, 6.45) is 4.47. The van der Waals surface area contributed by atoms with Gasteiger partial charge in [-0.25, -0.2) is 9.97 Å². The lowest BCUT2D eigenvalue weighted by molar-refractivity contribution is 0.200. The van der Waals surface area contributed by atoms with E-state index in [-0.39, 0.29) is 0 Å². The average molecular weight is 232 g/mol. The van der Waals surface area contributed by atoms with Gasteiger partial charge < -0.3 is 4.74 Å². The Morgan fingerprint density at radius 1 is 1.41 bits per heavy atom. The van der Waals surface area contributed by atoms with E-state index >= 15 is 0 Å². The molecule has 5 nitrogen and oxygen atoms in total. The molecule has 0 unspecified atom stereocenters. The Bertz CT molecular complexity index is 507. The van der Waals surface area contributed by atoms with Crippen LogP contribution in [0.25, 0.3) is 11.3 Å². The molecule has 0 aliphatic heterocycles. The highest BCUT2D eigenvalue weighted by Gasteiger charge is 2.08. The topological polar surface area (TPSA) is 52.8 Å². The molecule has 0 radical (unpaired) electrons. The Labute approximate surface area is 100 Å². The van der Waals surface area contributed by atoms with Crippen LogP contribution in [-0.4, -0.2) is 33.5 Å². The molecule has 0 amide bonds. The third kappa shape index (κ3) is 2.68. The SMILES string of the molecule is COCCc1nccc(-c2cn(C)nc2C)n1. The molecule has 0 aliphatic rings. The minimum absolute atomic E-state index is 0.634. The zero-order valence-corrected chi connectivity index (χ0v) is 10.3. The molecule has 90 valence electrons. The number of nitrogens with zero attached hydrogens (tertiary/aromatic N) is 4. The van der Waals surface area contributed by atoms with Crippen LogP contribution in [0.1, 0.15) is 11.5 Å². The van der Waals surface area contributed by atoms with Gasteiger partial charge in [-0.05, 0) is 13.0 Å². The van der Waals surface area contributed by atoms with Crippen LogP contribution >= 0.6 is 0 Å². The first-order valence-electron chi connectivity index (χ1n) is 5.52. The van der Waals surface area contributed by atoms with Gasteiger partial charge in [0.1, 0.15) is 5.82 Å². The van der Waals surface area contributed by atoms with Crippen LogP contribution in [0.2, 0.25) is 0 Å². The van der Waals surface area contributed by atoms with Gasteiger partial charge in [-0.3, -0.25) is 4.68 Å². The van der Waals surface area contributed by atoms with Crippen molar-refractivity contribution >= 4 is 0 Å². The second-order valence-electron chi connectivity index (χ2n) is 3.90. The molecule has 0 N–H and O–H groups in total. The van der Waals surface area contributed by atoms with Crippen LogP contribution in [-0.2, 0) is 18.2 Å². The summed E-state index contributed by atoms with van der Waals surface area (Å²) in [5, 5.41) is 4.31. The summed E-state index contributed by atoms with van der Waals surface area (Å²) < 4.78 is 6.82. The maximum absolute atomic E-state index is 5.02. The van der Waals surface area contributed by atoms with E-state index in [1.807, 2.05) is 26.2 Å². The molecule has 2 aromatic rings. The number of hydrogen-bond donors (Lipinski definition) is 0. The fourth-order valence-electron chi connectivity index (χ4n) is 1.71. The lowest BCUT2D eigenvalue weighted by Crippen LogP contribution is -2.01. The Morgan fingerprint density at radius 2 is 2.24 bits per heavy atom. The molecule has 0 atom stereocenters. The zero-order chi connectivity index (χ0) is 12.3. The maximum atomic E-state index is 5.02. The number of methoxy groups -OCH3 is 1. The first-order chi connectivity index (χ1) is 8.20. The molecule has 17 heavy (non-hydrogen) atoms. The summed E-state index contributed by atoms with van der Waals surface area (Å²) in [6.45, 7) is 2.61. The third-order valence-electron chi connectivity index (χ3n) is 2.52. The van der Waals surface area contributed by atoms with E-state index < -0.39 is 0 Å². The van der Waals surface area contributed by atoms with Gasteiger partial charge >= 0.3 is 0 Å². The van der Waals surface area contributed by atoms with Crippen molar-refractivity contribution in [1.82, 2.24) is 19.7 Å². The van der Waals surface area contributed by atoms with Gasteiger partial charge in [-0.2, -0.15) is 5.10 Å². The molecule has 2 aromatic heterocycles. The number of aryl methyl sites for hydroxylation is 2. The van der Waals surface area contributed by atoms with Crippen LogP contribution < -0.4 is 0 Å². The third-order valence-corrected chi connectivity index (χ3v) is 2.52. The van der Waals surface area contributed by atoms with Gasteiger partial charge in [0.15, 0.2) is 0 Å². The minimum Gasteiger partial charge on any atom is -0.384 e. The van der Waals surface area contributed by atoms with Gasteiger partial charge in [-0.1, -0.05) is 0 Å². The van der Waals surface area contributed by atoms with Gasteiger partial charge in [0, 0.05) is 38.5 Å². The molecule has 0 saturated carbocycles. The first-order valence-corrected chi connectivity index (χ1v) is 5.52. The number of aromatic nitrogens is 4. The summed E-state index contributed by atoms with van der Waals surface area (Å²) in [6, 6.07) is 1.90. The van der Waals surface area contributed by atoms with E-state index in [4.69, 9.17) is 4.74 Å². The first kappa shape index (κ1) is 11.7. The molecule has 2 heterocycles. The van der Waals surface area contributed by atoms with Crippen molar-refractivity contribution in [1.29, 1.82) is 0 Å². The predicted molar refractivity (Wildman–Crippen MR) is 64.6 cm³/mol. The summed E-state index contributed by atoms with van der Waals surface area (Å²) >= 11 is 0. The van der Waals surface area contributed by atoms with Gasteiger partial charge in [0.2, 0.25) is 0 Å². The molecule has 5 heteroatoms. The van der Waals surface area contributed by atoms with Gasteiger partial charge in [0.25, 0.3) is 0 Å². The van der Waals surface area contributed by atoms with Crippen LogP contribution in [0.15, 0.2) is 18.5 Å².